The summed E-state index contributed by atoms with van der Waals surface area (Å²) in [6.07, 6.45) is 9.22. The molecule has 0 N–H and O–H groups in total. The SMILES string of the molecule is C\C=C/C(C(/C)=N/C=C/CC)=C(/C)C(C)C. The number of allylic oxidation sites excluding steroid dienone is 5. The number of hydrogen-bond donors (Lipinski definition) is 0. The van der Waals surface area contributed by atoms with E-state index in [1.807, 2.05) is 13.1 Å². The van der Waals surface area contributed by atoms with E-state index in [2.05, 4.69) is 57.8 Å². The molecule has 0 aliphatic carbocycles. The predicted molar refractivity (Wildman–Crippen MR) is 74.9 cm³/mol. The highest BCUT2D eigenvalue weighted by molar-refractivity contribution is 6.01. The first kappa shape index (κ1) is 14.9. The summed E-state index contributed by atoms with van der Waals surface area (Å²) < 4.78 is 0. The summed E-state index contributed by atoms with van der Waals surface area (Å²) in [5.74, 6) is 0.562. The second-order valence-corrected chi connectivity index (χ2v) is 4.26. The van der Waals surface area contributed by atoms with E-state index in [4.69, 9.17) is 0 Å². The smallest absolute Gasteiger partial charge is 0.0444 e. The van der Waals surface area contributed by atoms with Crippen LogP contribution in [0.25, 0.3) is 0 Å². The van der Waals surface area contributed by atoms with Crippen LogP contribution >= 0.6 is 0 Å². The molecule has 90 valence electrons. The quantitative estimate of drug-likeness (QED) is 0.460. The van der Waals surface area contributed by atoms with E-state index in [1.165, 1.54) is 11.1 Å². The van der Waals surface area contributed by atoms with Gasteiger partial charge in [-0.15, -0.1) is 0 Å². The van der Waals surface area contributed by atoms with Crippen LogP contribution in [0.5, 0.6) is 0 Å². The molecule has 0 atom stereocenters. The molecule has 0 saturated heterocycles. The van der Waals surface area contributed by atoms with Crippen LogP contribution in [0, 0.1) is 5.92 Å². The van der Waals surface area contributed by atoms with Gasteiger partial charge in [-0.25, -0.2) is 0 Å². The van der Waals surface area contributed by atoms with Crippen molar-refractivity contribution in [3.63, 3.8) is 0 Å². The number of aliphatic imine (C=N–C) groups is 1. The molecule has 0 heterocycles. The van der Waals surface area contributed by atoms with E-state index in [0.29, 0.717) is 5.92 Å². The fourth-order valence-corrected chi connectivity index (χ4v) is 1.35. The molecule has 0 aromatic heterocycles. The molecule has 1 nitrogen and oxygen atoms in total. The first-order valence-electron chi connectivity index (χ1n) is 6.07. The average molecular weight is 219 g/mol. The van der Waals surface area contributed by atoms with E-state index >= 15 is 0 Å². The van der Waals surface area contributed by atoms with Crippen LogP contribution in [-0.4, -0.2) is 5.71 Å². The fraction of sp³-hybridized carbons (Fsp3) is 0.533. The molecule has 0 saturated carbocycles. The Morgan fingerprint density at radius 3 is 2.31 bits per heavy atom. The van der Waals surface area contributed by atoms with Crippen molar-refractivity contribution >= 4 is 5.71 Å². The standard InChI is InChI=1S/C15H25N/c1-7-9-11-16-14(6)15(10-8-2)13(5)12(3)4/h8-12H,7H2,1-6H3/b10-8-,11-9+,15-13+,16-14+. The van der Waals surface area contributed by atoms with Gasteiger partial charge in [0, 0.05) is 11.9 Å². The zero-order valence-electron chi connectivity index (χ0n) is 11.5. The van der Waals surface area contributed by atoms with Gasteiger partial charge in [0.05, 0.1) is 0 Å². The Balaban J connectivity index is 5.15. The van der Waals surface area contributed by atoms with Crippen LogP contribution < -0.4 is 0 Å². The largest absolute Gasteiger partial charge is 0.261 e. The van der Waals surface area contributed by atoms with Crippen LogP contribution in [0.4, 0.5) is 0 Å². The zero-order valence-corrected chi connectivity index (χ0v) is 11.5. The van der Waals surface area contributed by atoms with E-state index in [0.717, 1.165) is 12.1 Å². The molecule has 1 heteroatoms. The second kappa shape index (κ2) is 8.09. The molecule has 0 amide bonds. The van der Waals surface area contributed by atoms with E-state index in [9.17, 15) is 0 Å². The Bertz CT molecular complexity index is 314. The predicted octanol–water partition coefficient (Wildman–Crippen LogP) is 4.92. The molecule has 0 rings (SSSR count). The minimum absolute atomic E-state index is 0.562. The molecule has 0 aliphatic rings. The number of nitrogens with zero attached hydrogens (tertiary/aromatic N) is 1. The fourth-order valence-electron chi connectivity index (χ4n) is 1.35. The minimum atomic E-state index is 0.562. The topological polar surface area (TPSA) is 12.4 Å². The van der Waals surface area contributed by atoms with Gasteiger partial charge in [-0.3, -0.25) is 4.99 Å². The Labute approximate surface area is 101 Å². The van der Waals surface area contributed by atoms with Crippen molar-refractivity contribution in [3.05, 3.63) is 35.6 Å². The maximum Gasteiger partial charge on any atom is 0.0444 e. The highest BCUT2D eigenvalue weighted by Gasteiger charge is 2.05. The Morgan fingerprint density at radius 2 is 1.88 bits per heavy atom. The van der Waals surface area contributed by atoms with Gasteiger partial charge in [0.15, 0.2) is 0 Å². The van der Waals surface area contributed by atoms with Crippen molar-refractivity contribution in [1.82, 2.24) is 0 Å². The first-order chi connectivity index (χ1) is 7.54. The molecule has 0 aromatic rings. The van der Waals surface area contributed by atoms with Crippen LogP contribution in [0.2, 0.25) is 0 Å². The summed E-state index contributed by atoms with van der Waals surface area (Å²) in [5, 5.41) is 0. The molecule has 0 unspecified atom stereocenters. The van der Waals surface area contributed by atoms with Crippen LogP contribution in [0.15, 0.2) is 40.6 Å². The van der Waals surface area contributed by atoms with Gasteiger partial charge in [-0.05, 0) is 38.7 Å². The third-order valence-corrected chi connectivity index (χ3v) is 2.62. The van der Waals surface area contributed by atoms with E-state index in [-0.39, 0.29) is 0 Å². The highest BCUT2D eigenvalue weighted by Crippen LogP contribution is 2.17. The molecule has 16 heavy (non-hydrogen) atoms. The van der Waals surface area contributed by atoms with Crippen molar-refractivity contribution in [2.45, 2.75) is 48.0 Å². The van der Waals surface area contributed by atoms with Crippen molar-refractivity contribution < 1.29 is 0 Å². The lowest BCUT2D eigenvalue weighted by Gasteiger charge is -2.11. The number of hydrogen-bond acceptors (Lipinski definition) is 1. The Kier molecular flexibility index (Phi) is 7.53. The summed E-state index contributed by atoms with van der Waals surface area (Å²) in [7, 11) is 0. The maximum atomic E-state index is 4.46. The lowest BCUT2D eigenvalue weighted by atomic mass is 9.96. The molecule has 0 radical (unpaired) electrons. The third kappa shape index (κ3) is 5.11. The molecular weight excluding hydrogens is 194 g/mol. The molecule has 0 fully saturated rings. The summed E-state index contributed by atoms with van der Waals surface area (Å²) in [4.78, 5) is 4.46. The van der Waals surface area contributed by atoms with Crippen LogP contribution in [0.1, 0.15) is 48.0 Å². The molecule has 0 bridgehead atoms. The van der Waals surface area contributed by atoms with Gasteiger partial charge >= 0.3 is 0 Å². The summed E-state index contributed by atoms with van der Waals surface area (Å²) in [6.45, 7) is 12.8. The Hall–Kier alpha value is -1.11. The first-order valence-corrected chi connectivity index (χ1v) is 6.07. The van der Waals surface area contributed by atoms with Gasteiger partial charge in [-0.1, -0.05) is 44.6 Å². The van der Waals surface area contributed by atoms with E-state index in [1.54, 1.807) is 0 Å². The van der Waals surface area contributed by atoms with Crippen molar-refractivity contribution in [1.29, 1.82) is 0 Å². The van der Waals surface area contributed by atoms with Crippen LogP contribution in [-0.2, 0) is 0 Å². The van der Waals surface area contributed by atoms with Crippen molar-refractivity contribution in [2.75, 3.05) is 0 Å². The van der Waals surface area contributed by atoms with Gasteiger partial charge < -0.3 is 0 Å². The normalized spacial score (nSPS) is 15.3. The maximum absolute atomic E-state index is 4.46. The van der Waals surface area contributed by atoms with Crippen molar-refractivity contribution in [3.8, 4) is 0 Å². The molecule has 0 aliphatic heterocycles. The zero-order chi connectivity index (χ0) is 12.6. The van der Waals surface area contributed by atoms with Gasteiger partial charge in [0.25, 0.3) is 0 Å². The average Bonchev–Trinajstić information content (AvgIpc) is 2.25. The lowest BCUT2D eigenvalue weighted by molar-refractivity contribution is 0.765. The summed E-state index contributed by atoms with van der Waals surface area (Å²) in [5.41, 5.74) is 3.75. The van der Waals surface area contributed by atoms with Gasteiger partial charge in [-0.2, -0.15) is 0 Å². The summed E-state index contributed by atoms with van der Waals surface area (Å²) in [6, 6.07) is 0. The highest BCUT2D eigenvalue weighted by atomic mass is 14.7. The van der Waals surface area contributed by atoms with Gasteiger partial charge in [0.2, 0.25) is 0 Å². The lowest BCUT2D eigenvalue weighted by Crippen LogP contribution is -2.02. The molecule has 0 aromatic carbocycles. The van der Waals surface area contributed by atoms with Crippen LogP contribution in [0.3, 0.4) is 0 Å². The Morgan fingerprint density at radius 1 is 1.25 bits per heavy atom. The van der Waals surface area contributed by atoms with Crippen molar-refractivity contribution in [2.24, 2.45) is 10.9 Å². The molecule has 0 spiro atoms. The monoisotopic (exact) mass is 219 g/mol. The third-order valence-electron chi connectivity index (χ3n) is 2.62. The molecular formula is C15H25N. The second-order valence-electron chi connectivity index (χ2n) is 4.26. The van der Waals surface area contributed by atoms with E-state index < -0.39 is 0 Å². The number of rotatable bonds is 5. The van der Waals surface area contributed by atoms with Gasteiger partial charge in [0.1, 0.15) is 0 Å². The minimum Gasteiger partial charge on any atom is -0.261 e. The summed E-state index contributed by atoms with van der Waals surface area (Å²) >= 11 is 0.